The van der Waals surface area contributed by atoms with Crippen molar-refractivity contribution in [1.82, 2.24) is 9.47 Å². The highest BCUT2D eigenvalue weighted by Gasteiger charge is 2.31. The molecule has 1 fully saturated rings. The predicted molar refractivity (Wildman–Crippen MR) is 160 cm³/mol. The van der Waals surface area contributed by atoms with Crippen LogP contribution < -0.4 is 4.74 Å². The van der Waals surface area contributed by atoms with Crippen molar-refractivity contribution in [3.05, 3.63) is 99.8 Å². The third kappa shape index (κ3) is 5.86. The summed E-state index contributed by atoms with van der Waals surface area (Å²) in [6.07, 6.45) is 1.21. The van der Waals surface area contributed by atoms with Gasteiger partial charge in [-0.1, -0.05) is 65.7 Å². The molecule has 1 saturated heterocycles. The van der Waals surface area contributed by atoms with Crippen molar-refractivity contribution in [2.24, 2.45) is 0 Å². The summed E-state index contributed by atoms with van der Waals surface area (Å²) < 4.78 is 13.8. The van der Waals surface area contributed by atoms with Gasteiger partial charge in [0.2, 0.25) is 0 Å². The molecule has 0 aliphatic carbocycles. The van der Waals surface area contributed by atoms with E-state index in [0.29, 0.717) is 37.6 Å². The number of hydrogen-bond donors (Lipinski definition) is 1. The van der Waals surface area contributed by atoms with Crippen molar-refractivity contribution >= 4 is 39.9 Å². The lowest BCUT2D eigenvalue weighted by atomic mass is 9.92. The standard InChI is InChI=1S/C32H34Cl2N2O4/c1-21(37)30(40-27-13-12-25(28(33)29(27)34)31(38)35-15-17-39-18-16-35)26-9-6-14-36(26)32(2,3)20-22-10-11-23-7-4-5-8-24(23)19-22/h4-14,19,21,30,37H,15-18,20H2,1-3H3. The Hall–Kier alpha value is -3.03. The minimum absolute atomic E-state index is 0.131. The third-order valence-corrected chi connectivity index (χ3v) is 8.31. The summed E-state index contributed by atoms with van der Waals surface area (Å²) in [6, 6.07) is 22.0. The first-order valence-electron chi connectivity index (χ1n) is 13.5. The Labute approximate surface area is 245 Å². The Morgan fingerprint density at radius 3 is 2.45 bits per heavy atom. The number of aliphatic hydroxyl groups excluding tert-OH is 1. The van der Waals surface area contributed by atoms with E-state index in [9.17, 15) is 9.90 Å². The van der Waals surface area contributed by atoms with Gasteiger partial charge in [0.25, 0.3) is 5.91 Å². The molecule has 2 atom stereocenters. The van der Waals surface area contributed by atoms with Crippen LogP contribution in [0.1, 0.15) is 48.5 Å². The third-order valence-electron chi connectivity index (χ3n) is 7.44. The molecular formula is C32H34Cl2N2O4. The van der Waals surface area contributed by atoms with Gasteiger partial charge in [-0.25, -0.2) is 0 Å². The number of aromatic nitrogens is 1. The highest BCUT2D eigenvalue weighted by atomic mass is 35.5. The van der Waals surface area contributed by atoms with Crippen molar-refractivity contribution in [3.63, 3.8) is 0 Å². The molecule has 0 saturated carbocycles. The summed E-state index contributed by atoms with van der Waals surface area (Å²) in [5.41, 5.74) is 2.01. The van der Waals surface area contributed by atoms with Crippen molar-refractivity contribution in [3.8, 4) is 5.75 Å². The molecule has 1 amide bonds. The van der Waals surface area contributed by atoms with Crippen LogP contribution in [-0.4, -0.2) is 52.9 Å². The van der Waals surface area contributed by atoms with Gasteiger partial charge in [0.05, 0.1) is 35.6 Å². The fourth-order valence-corrected chi connectivity index (χ4v) is 5.82. The zero-order valence-corrected chi connectivity index (χ0v) is 24.5. The van der Waals surface area contributed by atoms with Crippen LogP contribution in [0, 0.1) is 0 Å². The fourth-order valence-electron chi connectivity index (χ4n) is 5.38. The smallest absolute Gasteiger partial charge is 0.255 e. The van der Waals surface area contributed by atoms with Gasteiger partial charge < -0.3 is 24.0 Å². The second-order valence-electron chi connectivity index (χ2n) is 10.9. The number of nitrogens with zero attached hydrogens (tertiary/aromatic N) is 2. The summed E-state index contributed by atoms with van der Waals surface area (Å²) in [7, 11) is 0. The molecule has 1 aliphatic rings. The lowest BCUT2D eigenvalue weighted by Gasteiger charge is -2.33. The van der Waals surface area contributed by atoms with E-state index >= 15 is 0 Å². The van der Waals surface area contributed by atoms with E-state index in [4.69, 9.17) is 32.7 Å². The second kappa shape index (κ2) is 11.8. The first kappa shape index (κ1) is 28.5. The van der Waals surface area contributed by atoms with Crippen LogP contribution in [0.5, 0.6) is 5.75 Å². The van der Waals surface area contributed by atoms with Crippen LogP contribution >= 0.6 is 23.2 Å². The van der Waals surface area contributed by atoms with E-state index in [1.165, 1.54) is 16.3 Å². The van der Waals surface area contributed by atoms with Gasteiger partial charge in [-0.2, -0.15) is 0 Å². The summed E-state index contributed by atoms with van der Waals surface area (Å²) in [6.45, 7) is 8.00. The van der Waals surface area contributed by atoms with Gasteiger partial charge in [-0.15, -0.1) is 0 Å². The van der Waals surface area contributed by atoms with Gasteiger partial charge in [0.15, 0.2) is 6.10 Å². The molecule has 3 aromatic carbocycles. The number of fused-ring (bicyclic) bond motifs is 1. The lowest BCUT2D eigenvalue weighted by molar-refractivity contribution is 0.0302. The average Bonchev–Trinajstić information content (AvgIpc) is 3.44. The fraction of sp³-hybridized carbons (Fsp3) is 0.344. The monoisotopic (exact) mass is 580 g/mol. The Morgan fingerprint density at radius 1 is 1.00 bits per heavy atom. The minimum Gasteiger partial charge on any atom is -0.480 e. The van der Waals surface area contributed by atoms with E-state index in [1.807, 2.05) is 30.5 Å². The Bertz CT molecular complexity index is 1510. The SMILES string of the molecule is CC(O)C(Oc1ccc(C(=O)N2CCOCC2)c(Cl)c1Cl)c1cccn1C(C)(C)Cc1ccc2ccccc2c1. The van der Waals surface area contributed by atoms with Crippen molar-refractivity contribution in [2.75, 3.05) is 26.3 Å². The average molecular weight is 582 g/mol. The molecule has 0 spiro atoms. The molecule has 8 heteroatoms. The second-order valence-corrected chi connectivity index (χ2v) is 11.7. The van der Waals surface area contributed by atoms with Gasteiger partial charge in [-0.3, -0.25) is 4.79 Å². The van der Waals surface area contributed by atoms with Crippen LogP contribution in [0.2, 0.25) is 10.0 Å². The lowest BCUT2D eigenvalue weighted by Crippen LogP contribution is -2.40. The molecule has 0 radical (unpaired) electrons. The number of amides is 1. The first-order valence-corrected chi connectivity index (χ1v) is 14.3. The molecule has 40 heavy (non-hydrogen) atoms. The summed E-state index contributed by atoms with van der Waals surface area (Å²) >= 11 is 13.2. The van der Waals surface area contributed by atoms with E-state index in [1.54, 1.807) is 24.0 Å². The zero-order valence-electron chi connectivity index (χ0n) is 22.9. The molecule has 4 aromatic rings. The number of rotatable bonds is 8. The normalized spacial score (nSPS) is 15.7. The topological polar surface area (TPSA) is 63.9 Å². The first-order chi connectivity index (χ1) is 19.2. The summed E-state index contributed by atoms with van der Waals surface area (Å²) in [5.74, 6) is 0.106. The maximum absolute atomic E-state index is 13.0. The van der Waals surface area contributed by atoms with Gasteiger partial charge in [0, 0.05) is 24.8 Å². The van der Waals surface area contributed by atoms with Gasteiger partial charge in [-0.05, 0) is 67.8 Å². The molecular weight excluding hydrogens is 547 g/mol. The van der Waals surface area contributed by atoms with Crippen LogP contribution in [0.25, 0.3) is 10.8 Å². The van der Waals surface area contributed by atoms with Crippen LogP contribution in [0.15, 0.2) is 72.9 Å². The summed E-state index contributed by atoms with van der Waals surface area (Å²) in [4.78, 5) is 14.7. The molecule has 2 heterocycles. The number of hydrogen-bond acceptors (Lipinski definition) is 4. The molecule has 5 rings (SSSR count). The molecule has 1 aliphatic heterocycles. The Kier molecular flexibility index (Phi) is 8.43. The number of ether oxygens (including phenoxy) is 2. The van der Waals surface area contributed by atoms with E-state index in [0.717, 1.165) is 12.1 Å². The van der Waals surface area contributed by atoms with Gasteiger partial charge >= 0.3 is 0 Å². The number of halogens is 2. The van der Waals surface area contributed by atoms with Crippen LogP contribution in [0.4, 0.5) is 0 Å². The maximum Gasteiger partial charge on any atom is 0.255 e. The van der Waals surface area contributed by atoms with Crippen LogP contribution in [-0.2, 0) is 16.7 Å². The van der Waals surface area contributed by atoms with Crippen LogP contribution in [0.3, 0.4) is 0 Å². The largest absolute Gasteiger partial charge is 0.480 e. The maximum atomic E-state index is 13.0. The van der Waals surface area contributed by atoms with Gasteiger partial charge in [0.1, 0.15) is 10.8 Å². The van der Waals surface area contributed by atoms with E-state index in [-0.39, 0.29) is 21.5 Å². The number of aliphatic hydroxyl groups is 1. The number of morpholine rings is 1. The Balaban J connectivity index is 1.40. The zero-order chi connectivity index (χ0) is 28.4. The minimum atomic E-state index is -0.852. The Morgan fingerprint density at radius 2 is 1.73 bits per heavy atom. The highest BCUT2D eigenvalue weighted by Crippen LogP contribution is 2.39. The van der Waals surface area contributed by atoms with Crippen molar-refractivity contribution in [2.45, 2.75) is 44.9 Å². The molecule has 0 bridgehead atoms. The number of carbonyl (C=O) groups excluding carboxylic acids is 1. The van der Waals surface area contributed by atoms with E-state index in [2.05, 4.69) is 48.7 Å². The highest BCUT2D eigenvalue weighted by molar-refractivity contribution is 6.44. The number of benzene rings is 3. The molecule has 6 nitrogen and oxygen atoms in total. The number of carbonyl (C=O) groups is 1. The summed E-state index contributed by atoms with van der Waals surface area (Å²) in [5, 5.41) is 13.5. The van der Waals surface area contributed by atoms with E-state index < -0.39 is 12.2 Å². The molecule has 1 aromatic heterocycles. The molecule has 2 unspecified atom stereocenters. The molecule has 1 N–H and O–H groups in total. The predicted octanol–water partition coefficient (Wildman–Crippen LogP) is 6.90. The molecule has 210 valence electrons. The quantitative estimate of drug-likeness (QED) is 0.246. The van der Waals surface area contributed by atoms with Crippen molar-refractivity contribution in [1.29, 1.82) is 0 Å². The van der Waals surface area contributed by atoms with Crippen molar-refractivity contribution < 1.29 is 19.4 Å².